The Balaban J connectivity index is 1.64. The lowest BCUT2D eigenvalue weighted by molar-refractivity contribution is -0.122. The van der Waals surface area contributed by atoms with E-state index < -0.39 is 0 Å². The maximum Gasteiger partial charge on any atom is 0.291 e. The number of hydrogen-bond donors (Lipinski definition) is 1. The van der Waals surface area contributed by atoms with Crippen molar-refractivity contribution >= 4 is 39.2 Å². The zero-order valence-corrected chi connectivity index (χ0v) is 14.6. The van der Waals surface area contributed by atoms with Gasteiger partial charge in [-0.25, -0.2) is 4.68 Å². The van der Waals surface area contributed by atoms with Crippen LogP contribution < -0.4 is 10.9 Å². The monoisotopic (exact) mass is 356 g/mol. The third-order valence-electron chi connectivity index (χ3n) is 4.13. The molecule has 0 radical (unpaired) electrons. The summed E-state index contributed by atoms with van der Waals surface area (Å²) in [6.07, 6.45) is 1.58. The molecule has 1 amide bonds. The summed E-state index contributed by atoms with van der Waals surface area (Å²) in [7, 11) is 1.81. The first-order valence-electron chi connectivity index (χ1n) is 7.78. The summed E-state index contributed by atoms with van der Waals surface area (Å²) in [5.74, 6) is 0.524. The Morgan fingerprint density at radius 1 is 1.44 bits per heavy atom. The Hall–Kier alpha value is -2.87. The van der Waals surface area contributed by atoms with Gasteiger partial charge in [0.25, 0.3) is 5.56 Å². The van der Waals surface area contributed by atoms with Gasteiger partial charge in [0.15, 0.2) is 5.58 Å². The second-order valence-corrected chi connectivity index (χ2v) is 6.89. The molecule has 4 aromatic rings. The number of nitrogens with zero attached hydrogens (tertiary/aromatic N) is 3. The molecule has 0 aliphatic rings. The second kappa shape index (κ2) is 5.89. The van der Waals surface area contributed by atoms with Crippen LogP contribution in [0.5, 0.6) is 0 Å². The number of aryl methyl sites for hydroxylation is 2. The summed E-state index contributed by atoms with van der Waals surface area (Å²) in [5, 5.41) is 9.55. The van der Waals surface area contributed by atoms with Crippen LogP contribution in [0, 0.1) is 6.92 Å². The SMILES string of the molecule is Cc1cc2c(o1)c1cnn(CC(=O)NCc3cccs3)c(=O)c1n2C. The lowest BCUT2D eigenvalue weighted by Gasteiger charge is -2.06. The number of carbonyl (C=O) groups is 1. The molecular formula is C17H16N4O3S. The van der Waals surface area contributed by atoms with Gasteiger partial charge in [-0.3, -0.25) is 9.59 Å². The fraction of sp³-hybridized carbons (Fsp3) is 0.235. The number of furan rings is 1. The van der Waals surface area contributed by atoms with Gasteiger partial charge >= 0.3 is 0 Å². The molecule has 8 heteroatoms. The number of amides is 1. The van der Waals surface area contributed by atoms with Gasteiger partial charge in [0.05, 0.1) is 23.6 Å². The summed E-state index contributed by atoms with van der Waals surface area (Å²) in [5.41, 5.74) is 1.66. The van der Waals surface area contributed by atoms with Crippen LogP contribution in [-0.4, -0.2) is 20.3 Å². The molecule has 0 spiro atoms. The Morgan fingerprint density at radius 2 is 2.28 bits per heavy atom. The zero-order valence-electron chi connectivity index (χ0n) is 13.8. The molecule has 0 bridgehead atoms. The van der Waals surface area contributed by atoms with Crippen LogP contribution in [0.3, 0.4) is 0 Å². The highest BCUT2D eigenvalue weighted by molar-refractivity contribution is 7.09. The van der Waals surface area contributed by atoms with Crippen molar-refractivity contribution in [3.05, 3.63) is 50.8 Å². The fourth-order valence-electron chi connectivity index (χ4n) is 2.94. The first kappa shape index (κ1) is 15.6. The standard InChI is InChI=1S/C17H16N4O3S/c1-10-6-13-16(24-10)12-8-19-21(17(23)15(12)20(13)2)9-14(22)18-7-11-4-3-5-25-11/h3-6,8H,7,9H2,1-2H3,(H,18,22). The third kappa shape index (κ3) is 2.64. The van der Waals surface area contributed by atoms with E-state index in [0.29, 0.717) is 23.0 Å². The molecule has 0 saturated carbocycles. The highest BCUT2D eigenvalue weighted by Crippen LogP contribution is 2.27. The lowest BCUT2D eigenvalue weighted by Crippen LogP contribution is -2.33. The molecule has 0 unspecified atom stereocenters. The van der Waals surface area contributed by atoms with E-state index >= 15 is 0 Å². The molecule has 0 aliphatic heterocycles. The van der Waals surface area contributed by atoms with Gasteiger partial charge in [-0.2, -0.15) is 5.10 Å². The molecule has 4 aromatic heterocycles. The predicted molar refractivity (Wildman–Crippen MR) is 95.6 cm³/mol. The van der Waals surface area contributed by atoms with E-state index in [9.17, 15) is 9.59 Å². The van der Waals surface area contributed by atoms with E-state index in [1.807, 2.05) is 37.6 Å². The van der Waals surface area contributed by atoms with E-state index in [2.05, 4.69) is 10.4 Å². The van der Waals surface area contributed by atoms with Crippen LogP contribution in [0.15, 0.2) is 39.0 Å². The predicted octanol–water partition coefficient (Wildman–Crippen LogP) is 2.17. The number of thiophene rings is 1. The summed E-state index contributed by atoms with van der Waals surface area (Å²) < 4.78 is 8.63. The minimum atomic E-state index is -0.310. The average Bonchev–Trinajstić information content (AvgIpc) is 3.27. The molecule has 25 heavy (non-hydrogen) atoms. The maximum absolute atomic E-state index is 12.7. The first-order chi connectivity index (χ1) is 12.0. The van der Waals surface area contributed by atoms with Crippen molar-refractivity contribution in [1.29, 1.82) is 0 Å². The number of rotatable bonds is 4. The van der Waals surface area contributed by atoms with E-state index in [1.165, 1.54) is 4.68 Å². The van der Waals surface area contributed by atoms with Crippen molar-refractivity contribution in [2.45, 2.75) is 20.0 Å². The Bertz CT molecular complexity index is 1130. The molecule has 128 valence electrons. The van der Waals surface area contributed by atoms with E-state index in [4.69, 9.17) is 4.42 Å². The number of nitrogens with one attached hydrogen (secondary N) is 1. The van der Waals surface area contributed by atoms with Gasteiger partial charge < -0.3 is 14.3 Å². The van der Waals surface area contributed by atoms with Crippen molar-refractivity contribution in [3.8, 4) is 0 Å². The maximum atomic E-state index is 12.7. The van der Waals surface area contributed by atoms with Gasteiger partial charge in [-0.1, -0.05) is 6.07 Å². The van der Waals surface area contributed by atoms with Crippen molar-refractivity contribution in [3.63, 3.8) is 0 Å². The zero-order chi connectivity index (χ0) is 17.6. The molecule has 7 nitrogen and oxygen atoms in total. The number of hydrogen-bond acceptors (Lipinski definition) is 5. The van der Waals surface area contributed by atoms with Crippen molar-refractivity contribution in [1.82, 2.24) is 19.7 Å². The Morgan fingerprint density at radius 3 is 3.04 bits per heavy atom. The van der Waals surface area contributed by atoms with Crippen molar-refractivity contribution < 1.29 is 9.21 Å². The van der Waals surface area contributed by atoms with Crippen LogP contribution in [0.4, 0.5) is 0 Å². The van der Waals surface area contributed by atoms with Gasteiger partial charge in [-0.05, 0) is 18.4 Å². The molecule has 0 saturated heterocycles. The number of fused-ring (bicyclic) bond motifs is 3. The summed E-state index contributed by atoms with van der Waals surface area (Å²) in [6.45, 7) is 2.19. The van der Waals surface area contributed by atoms with E-state index in [-0.39, 0.29) is 18.0 Å². The largest absolute Gasteiger partial charge is 0.459 e. The molecule has 0 aromatic carbocycles. The minimum Gasteiger partial charge on any atom is -0.459 e. The van der Waals surface area contributed by atoms with E-state index in [1.54, 1.807) is 22.1 Å². The van der Waals surface area contributed by atoms with Crippen LogP contribution in [0.1, 0.15) is 10.6 Å². The molecule has 4 heterocycles. The second-order valence-electron chi connectivity index (χ2n) is 5.86. The quantitative estimate of drug-likeness (QED) is 0.607. The highest BCUT2D eigenvalue weighted by Gasteiger charge is 2.18. The average molecular weight is 356 g/mol. The summed E-state index contributed by atoms with van der Waals surface area (Å²) in [4.78, 5) is 25.9. The molecule has 0 atom stereocenters. The molecule has 0 fully saturated rings. The normalized spacial score (nSPS) is 11.4. The number of aromatic nitrogens is 3. The smallest absolute Gasteiger partial charge is 0.291 e. The molecular weight excluding hydrogens is 340 g/mol. The molecule has 0 aliphatic carbocycles. The van der Waals surface area contributed by atoms with Crippen molar-refractivity contribution in [2.24, 2.45) is 7.05 Å². The Labute approximate surface area is 146 Å². The number of carbonyl (C=O) groups excluding carboxylic acids is 1. The van der Waals surface area contributed by atoms with Crippen LogP contribution in [-0.2, 0) is 24.9 Å². The van der Waals surface area contributed by atoms with Crippen LogP contribution in [0.25, 0.3) is 22.0 Å². The first-order valence-corrected chi connectivity index (χ1v) is 8.66. The lowest BCUT2D eigenvalue weighted by atomic mass is 10.3. The van der Waals surface area contributed by atoms with Gasteiger partial charge in [0.1, 0.15) is 17.8 Å². The third-order valence-corrected chi connectivity index (χ3v) is 5.01. The molecule has 4 rings (SSSR count). The fourth-order valence-corrected chi connectivity index (χ4v) is 3.58. The summed E-state index contributed by atoms with van der Waals surface area (Å²) in [6, 6.07) is 5.76. The van der Waals surface area contributed by atoms with E-state index in [0.717, 1.165) is 16.2 Å². The van der Waals surface area contributed by atoms with Crippen molar-refractivity contribution in [2.75, 3.05) is 0 Å². The van der Waals surface area contributed by atoms with Gasteiger partial charge in [0, 0.05) is 18.0 Å². The van der Waals surface area contributed by atoms with Gasteiger partial charge in [0.2, 0.25) is 5.91 Å². The van der Waals surface area contributed by atoms with Crippen LogP contribution >= 0.6 is 11.3 Å². The summed E-state index contributed by atoms with van der Waals surface area (Å²) >= 11 is 1.57. The molecule has 1 N–H and O–H groups in total. The van der Waals surface area contributed by atoms with Crippen LogP contribution in [0.2, 0.25) is 0 Å². The topological polar surface area (TPSA) is 82.1 Å². The van der Waals surface area contributed by atoms with Gasteiger partial charge in [-0.15, -0.1) is 11.3 Å². The highest BCUT2D eigenvalue weighted by atomic mass is 32.1. The Kier molecular flexibility index (Phi) is 3.69. The minimum absolute atomic E-state index is 0.119.